The molecule has 0 spiro atoms. The lowest BCUT2D eigenvalue weighted by atomic mass is 10.1. The van der Waals surface area contributed by atoms with E-state index < -0.39 is 0 Å². The Balaban J connectivity index is 4.28. The van der Waals surface area contributed by atoms with E-state index in [9.17, 15) is 4.91 Å². The lowest BCUT2D eigenvalue weighted by Gasteiger charge is -2.05. The summed E-state index contributed by atoms with van der Waals surface area (Å²) in [5.74, 6) is 0. The molecule has 3 nitrogen and oxygen atoms in total. The van der Waals surface area contributed by atoms with Gasteiger partial charge in [0.15, 0.2) is 0 Å². The summed E-state index contributed by atoms with van der Waals surface area (Å²) in [4.78, 5) is 14.4. The molecule has 3 heteroatoms. The third-order valence-electron chi connectivity index (χ3n) is 2.44. The number of nitrogens with zero attached hydrogens (tertiary/aromatic N) is 2. The highest BCUT2D eigenvalue weighted by atomic mass is 16.3. The number of aliphatic imine (C=N–C) groups is 1. The number of allylic oxidation sites excluding steroid dienone is 4. The molecule has 0 atom stereocenters. The van der Waals surface area contributed by atoms with Crippen LogP contribution in [0.2, 0.25) is 0 Å². The summed E-state index contributed by atoms with van der Waals surface area (Å²) < 4.78 is 0. The standard InChI is InChI=1S/C13H22N2O/c1-4-6-10-14-13(12(3)5-2)9-7-8-11-15-16/h4,6,10H,5,7-9,11H2,1-3H3/b6-4-,13-12-,14-10-. The molecule has 16 heavy (non-hydrogen) atoms. The van der Waals surface area contributed by atoms with Crippen LogP contribution in [-0.2, 0) is 0 Å². The van der Waals surface area contributed by atoms with Gasteiger partial charge in [0.2, 0.25) is 0 Å². The summed E-state index contributed by atoms with van der Waals surface area (Å²) >= 11 is 0. The summed E-state index contributed by atoms with van der Waals surface area (Å²) in [5.41, 5.74) is 2.46. The van der Waals surface area contributed by atoms with E-state index >= 15 is 0 Å². The number of hydrogen-bond acceptors (Lipinski definition) is 3. The Hall–Kier alpha value is -1.25. The number of nitroso groups, excluding NO2 is 1. The van der Waals surface area contributed by atoms with Crippen molar-refractivity contribution in [2.75, 3.05) is 6.54 Å². The van der Waals surface area contributed by atoms with Crippen LogP contribution >= 0.6 is 0 Å². The fraction of sp³-hybridized carbons (Fsp3) is 0.615. The summed E-state index contributed by atoms with van der Waals surface area (Å²) in [6.45, 7) is 6.63. The van der Waals surface area contributed by atoms with Gasteiger partial charge in [0.1, 0.15) is 0 Å². The van der Waals surface area contributed by atoms with Gasteiger partial charge >= 0.3 is 0 Å². The monoisotopic (exact) mass is 222 g/mol. The molecule has 0 aliphatic rings. The minimum absolute atomic E-state index is 0.414. The fourth-order valence-electron chi connectivity index (χ4n) is 1.28. The van der Waals surface area contributed by atoms with E-state index in [4.69, 9.17) is 0 Å². The Morgan fingerprint density at radius 3 is 2.62 bits per heavy atom. The van der Waals surface area contributed by atoms with Gasteiger partial charge in [-0.3, -0.25) is 4.99 Å². The lowest BCUT2D eigenvalue weighted by Crippen LogP contribution is -1.89. The fourth-order valence-corrected chi connectivity index (χ4v) is 1.28. The second-order valence-electron chi connectivity index (χ2n) is 3.69. The van der Waals surface area contributed by atoms with Gasteiger partial charge in [-0.1, -0.05) is 23.7 Å². The molecule has 0 aliphatic heterocycles. The molecular weight excluding hydrogens is 200 g/mol. The molecule has 0 rings (SSSR count). The van der Waals surface area contributed by atoms with Crippen molar-refractivity contribution in [3.8, 4) is 0 Å². The van der Waals surface area contributed by atoms with E-state index in [1.54, 1.807) is 0 Å². The molecule has 0 bridgehead atoms. The van der Waals surface area contributed by atoms with E-state index in [1.165, 1.54) is 5.57 Å². The summed E-state index contributed by atoms with van der Waals surface area (Å²) in [5, 5.41) is 2.86. The molecule has 0 saturated heterocycles. The maximum Gasteiger partial charge on any atom is 0.0811 e. The van der Waals surface area contributed by atoms with Crippen molar-refractivity contribution >= 4 is 6.21 Å². The highest BCUT2D eigenvalue weighted by Crippen LogP contribution is 2.16. The van der Waals surface area contributed by atoms with E-state index in [0.717, 1.165) is 31.4 Å². The second kappa shape index (κ2) is 10.3. The molecule has 0 aromatic rings. The van der Waals surface area contributed by atoms with Gasteiger partial charge in [-0.05, 0) is 45.6 Å². The van der Waals surface area contributed by atoms with E-state index in [-0.39, 0.29) is 0 Å². The zero-order chi connectivity index (χ0) is 12.2. The van der Waals surface area contributed by atoms with Crippen LogP contribution in [0.15, 0.2) is 33.6 Å². The van der Waals surface area contributed by atoms with E-state index in [0.29, 0.717) is 6.54 Å². The predicted molar refractivity (Wildman–Crippen MR) is 70.8 cm³/mol. The number of hydrogen-bond donors (Lipinski definition) is 0. The maximum absolute atomic E-state index is 9.95. The molecule has 0 saturated carbocycles. The molecule has 0 N–H and O–H groups in total. The zero-order valence-corrected chi connectivity index (χ0v) is 10.6. The minimum Gasteiger partial charge on any atom is -0.261 e. The molecule has 0 radical (unpaired) electrons. The van der Waals surface area contributed by atoms with Crippen LogP contribution in [0.5, 0.6) is 0 Å². The van der Waals surface area contributed by atoms with Crippen molar-refractivity contribution in [1.82, 2.24) is 0 Å². The van der Waals surface area contributed by atoms with Gasteiger partial charge in [0, 0.05) is 11.9 Å². The highest BCUT2D eigenvalue weighted by molar-refractivity contribution is 5.72. The third kappa shape index (κ3) is 7.10. The maximum atomic E-state index is 9.95. The van der Waals surface area contributed by atoms with Crippen LogP contribution in [0, 0.1) is 4.91 Å². The van der Waals surface area contributed by atoms with Crippen LogP contribution in [0.4, 0.5) is 0 Å². The van der Waals surface area contributed by atoms with Crippen LogP contribution in [0.3, 0.4) is 0 Å². The Kier molecular flexibility index (Phi) is 9.47. The van der Waals surface area contributed by atoms with Crippen molar-refractivity contribution in [2.45, 2.75) is 46.5 Å². The summed E-state index contributed by atoms with van der Waals surface area (Å²) in [6, 6.07) is 0. The smallest absolute Gasteiger partial charge is 0.0811 e. The van der Waals surface area contributed by atoms with Gasteiger partial charge in [-0.15, -0.1) is 0 Å². The Labute approximate surface area is 98.3 Å². The summed E-state index contributed by atoms with van der Waals surface area (Å²) in [6.07, 6.45) is 9.49. The second-order valence-corrected chi connectivity index (χ2v) is 3.69. The average Bonchev–Trinajstić information content (AvgIpc) is 2.31. The zero-order valence-electron chi connectivity index (χ0n) is 10.6. The predicted octanol–water partition coefficient (Wildman–Crippen LogP) is 4.25. The van der Waals surface area contributed by atoms with Crippen LogP contribution in [0.1, 0.15) is 46.5 Å². The van der Waals surface area contributed by atoms with Crippen LogP contribution in [-0.4, -0.2) is 12.8 Å². The first-order chi connectivity index (χ1) is 7.76. The first-order valence-corrected chi connectivity index (χ1v) is 5.89. The lowest BCUT2D eigenvalue weighted by molar-refractivity contribution is 0.727. The largest absolute Gasteiger partial charge is 0.261 e. The normalized spacial score (nSPS) is 13.4. The van der Waals surface area contributed by atoms with Gasteiger partial charge in [-0.25, -0.2) is 0 Å². The SMILES string of the molecule is C\C=C/C=N\C(CCCCN=O)=C(\C)CC. The van der Waals surface area contributed by atoms with Crippen LogP contribution < -0.4 is 0 Å². The van der Waals surface area contributed by atoms with E-state index in [1.807, 2.05) is 25.3 Å². The molecule has 0 amide bonds. The van der Waals surface area contributed by atoms with Crippen molar-refractivity contribution in [3.05, 3.63) is 28.3 Å². The highest BCUT2D eigenvalue weighted by Gasteiger charge is 1.99. The number of rotatable bonds is 8. The third-order valence-corrected chi connectivity index (χ3v) is 2.44. The van der Waals surface area contributed by atoms with Crippen molar-refractivity contribution in [3.63, 3.8) is 0 Å². The molecule has 0 unspecified atom stereocenters. The quantitative estimate of drug-likeness (QED) is 0.344. The van der Waals surface area contributed by atoms with Crippen molar-refractivity contribution in [2.24, 2.45) is 10.2 Å². The summed E-state index contributed by atoms with van der Waals surface area (Å²) in [7, 11) is 0. The molecule has 0 aromatic carbocycles. The van der Waals surface area contributed by atoms with Crippen LogP contribution in [0.25, 0.3) is 0 Å². The Morgan fingerprint density at radius 1 is 1.31 bits per heavy atom. The first kappa shape index (κ1) is 14.8. The molecule has 0 aromatic heterocycles. The van der Waals surface area contributed by atoms with E-state index in [2.05, 4.69) is 24.0 Å². The number of unbranched alkanes of at least 4 members (excludes halogenated alkanes) is 1. The van der Waals surface area contributed by atoms with Crippen molar-refractivity contribution < 1.29 is 0 Å². The van der Waals surface area contributed by atoms with Crippen molar-refractivity contribution in [1.29, 1.82) is 0 Å². The topological polar surface area (TPSA) is 41.8 Å². The first-order valence-electron chi connectivity index (χ1n) is 5.89. The molecule has 0 aliphatic carbocycles. The van der Waals surface area contributed by atoms with Gasteiger partial charge in [-0.2, -0.15) is 4.91 Å². The Bertz CT molecular complexity index is 278. The molecular formula is C13H22N2O. The molecule has 0 fully saturated rings. The van der Waals surface area contributed by atoms with Gasteiger partial charge in [0.05, 0.1) is 6.54 Å². The molecule has 90 valence electrons. The van der Waals surface area contributed by atoms with Gasteiger partial charge < -0.3 is 0 Å². The minimum atomic E-state index is 0.414. The van der Waals surface area contributed by atoms with Gasteiger partial charge in [0.25, 0.3) is 0 Å². The average molecular weight is 222 g/mol. The Morgan fingerprint density at radius 2 is 2.06 bits per heavy atom. The molecule has 0 heterocycles.